The minimum Gasteiger partial charge on any atom is -0.380 e. The summed E-state index contributed by atoms with van der Waals surface area (Å²) in [5.74, 6) is 0. The molecule has 1 unspecified atom stereocenters. The van der Waals surface area contributed by atoms with Gasteiger partial charge < -0.3 is 16.2 Å². The Morgan fingerprint density at radius 2 is 2.22 bits per heavy atom. The van der Waals surface area contributed by atoms with Gasteiger partial charge in [0.2, 0.25) is 0 Å². The molecule has 1 fully saturated rings. The first kappa shape index (κ1) is 6.99. The Morgan fingerprint density at radius 3 is 2.22 bits per heavy atom. The van der Waals surface area contributed by atoms with Crippen LogP contribution >= 0.6 is 0 Å². The number of hydrogen-bond acceptors (Lipinski definition) is 3. The van der Waals surface area contributed by atoms with E-state index in [4.69, 9.17) is 16.2 Å². The fourth-order valence-corrected chi connectivity index (χ4v) is 0.931. The Labute approximate surface area is 55.4 Å². The standard InChI is InChI=1S/C6H14N2O/c1-5(8)6(2-7)3-9-4-6/h5H,2-4,7-8H2,1H3. The lowest BCUT2D eigenvalue weighted by Gasteiger charge is -2.43. The number of hydrogen-bond donors (Lipinski definition) is 2. The first-order valence-corrected chi connectivity index (χ1v) is 3.25. The van der Waals surface area contributed by atoms with Crippen molar-refractivity contribution in [2.24, 2.45) is 16.9 Å². The molecule has 0 amide bonds. The molecule has 0 radical (unpaired) electrons. The Kier molecular flexibility index (Phi) is 1.75. The second kappa shape index (κ2) is 2.25. The molecule has 0 aromatic rings. The quantitative estimate of drug-likeness (QED) is 0.520. The van der Waals surface area contributed by atoms with Crippen LogP contribution in [-0.2, 0) is 4.74 Å². The van der Waals surface area contributed by atoms with Gasteiger partial charge in [-0.25, -0.2) is 0 Å². The van der Waals surface area contributed by atoms with Gasteiger partial charge in [-0.15, -0.1) is 0 Å². The third-order valence-corrected chi connectivity index (χ3v) is 2.15. The summed E-state index contributed by atoms with van der Waals surface area (Å²) in [5, 5.41) is 0. The summed E-state index contributed by atoms with van der Waals surface area (Å²) in [6, 6.07) is 0.163. The largest absolute Gasteiger partial charge is 0.380 e. The third kappa shape index (κ3) is 0.956. The predicted molar refractivity (Wildman–Crippen MR) is 36.0 cm³/mol. The van der Waals surface area contributed by atoms with E-state index in [0.29, 0.717) is 6.54 Å². The summed E-state index contributed by atoms with van der Waals surface area (Å²) in [6.45, 7) is 4.10. The van der Waals surface area contributed by atoms with Crippen LogP contribution in [0.5, 0.6) is 0 Å². The van der Waals surface area contributed by atoms with Gasteiger partial charge >= 0.3 is 0 Å². The van der Waals surface area contributed by atoms with Gasteiger partial charge in [0.25, 0.3) is 0 Å². The highest BCUT2D eigenvalue weighted by molar-refractivity contribution is 4.92. The normalized spacial score (nSPS) is 27.0. The minimum atomic E-state index is 0.0972. The van der Waals surface area contributed by atoms with Crippen molar-refractivity contribution in [1.29, 1.82) is 0 Å². The van der Waals surface area contributed by atoms with Crippen LogP contribution in [0.2, 0.25) is 0 Å². The van der Waals surface area contributed by atoms with Crippen LogP contribution in [0.15, 0.2) is 0 Å². The van der Waals surface area contributed by atoms with Crippen molar-refractivity contribution in [1.82, 2.24) is 0 Å². The van der Waals surface area contributed by atoms with Crippen molar-refractivity contribution in [3.05, 3.63) is 0 Å². The number of ether oxygens (including phenoxy) is 1. The SMILES string of the molecule is CC(N)C1(CN)COC1. The molecule has 1 atom stereocenters. The molecule has 0 spiro atoms. The average Bonchev–Trinajstić information content (AvgIpc) is 1.62. The van der Waals surface area contributed by atoms with Gasteiger partial charge in [0.05, 0.1) is 13.2 Å². The molecule has 0 aliphatic carbocycles. The van der Waals surface area contributed by atoms with Gasteiger partial charge in [-0.05, 0) is 6.92 Å². The molecule has 0 bridgehead atoms. The molecule has 9 heavy (non-hydrogen) atoms. The van der Waals surface area contributed by atoms with Crippen molar-refractivity contribution in [3.63, 3.8) is 0 Å². The van der Waals surface area contributed by atoms with Crippen molar-refractivity contribution < 1.29 is 4.74 Å². The molecule has 3 heteroatoms. The lowest BCUT2D eigenvalue weighted by molar-refractivity contribution is -0.117. The highest BCUT2D eigenvalue weighted by Crippen LogP contribution is 2.28. The van der Waals surface area contributed by atoms with Crippen LogP contribution in [0.25, 0.3) is 0 Å². The van der Waals surface area contributed by atoms with E-state index < -0.39 is 0 Å². The molecule has 1 saturated heterocycles. The van der Waals surface area contributed by atoms with Gasteiger partial charge in [-0.3, -0.25) is 0 Å². The Balaban J connectivity index is 2.46. The fraction of sp³-hybridized carbons (Fsp3) is 1.00. The van der Waals surface area contributed by atoms with E-state index in [1.165, 1.54) is 0 Å². The lowest BCUT2D eigenvalue weighted by atomic mass is 9.80. The molecule has 4 N–H and O–H groups in total. The highest BCUT2D eigenvalue weighted by atomic mass is 16.5. The van der Waals surface area contributed by atoms with Gasteiger partial charge in [-0.1, -0.05) is 0 Å². The second-order valence-corrected chi connectivity index (χ2v) is 2.85. The molecule has 1 rings (SSSR count). The van der Waals surface area contributed by atoms with Gasteiger partial charge in [-0.2, -0.15) is 0 Å². The highest BCUT2D eigenvalue weighted by Gasteiger charge is 2.40. The van der Waals surface area contributed by atoms with E-state index in [9.17, 15) is 0 Å². The van der Waals surface area contributed by atoms with Crippen LogP contribution < -0.4 is 11.5 Å². The summed E-state index contributed by atoms with van der Waals surface area (Å²) >= 11 is 0. The van der Waals surface area contributed by atoms with E-state index in [1.807, 2.05) is 6.92 Å². The molecule has 0 aromatic heterocycles. The van der Waals surface area contributed by atoms with Gasteiger partial charge in [0.15, 0.2) is 0 Å². The number of rotatable bonds is 2. The van der Waals surface area contributed by atoms with Gasteiger partial charge in [0.1, 0.15) is 0 Å². The monoisotopic (exact) mass is 130 g/mol. The van der Waals surface area contributed by atoms with E-state index in [-0.39, 0.29) is 11.5 Å². The van der Waals surface area contributed by atoms with E-state index in [1.54, 1.807) is 0 Å². The predicted octanol–water partition coefficient (Wildman–Crippen LogP) is -0.691. The van der Waals surface area contributed by atoms with Crippen molar-refractivity contribution in [2.75, 3.05) is 19.8 Å². The summed E-state index contributed by atoms with van der Waals surface area (Å²) < 4.78 is 5.03. The number of nitrogens with two attached hydrogens (primary N) is 2. The molecule has 54 valence electrons. The molecule has 1 aliphatic rings. The topological polar surface area (TPSA) is 61.3 Å². The maximum absolute atomic E-state index is 5.68. The Hall–Kier alpha value is -0.120. The fourth-order valence-electron chi connectivity index (χ4n) is 0.931. The molecule has 1 heterocycles. The van der Waals surface area contributed by atoms with Crippen LogP contribution in [0, 0.1) is 5.41 Å². The molecule has 1 aliphatic heterocycles. The zero-order valence-electron chi connectivity index (χ0n) is 5.76. The molecule has 0 aromatic carbocycles. The first-order valence-electron chi connectivity index (χ1n) is 3.25. The second-order valence-electron chi connectivity index (χ2n) is 2.85. The van der Waals surface area contributed by atoms with Crippen LogP contribution in [0.3, 0.4) is 0 Å². The van der Waals surface area contributed by atoms with Crippen LogP contribution in [-0.4, -0.2) is 25.8 Å². The molecular weight excluding hydrogens is 116 g/mol. The minimum absolute atomic E-state index is 0.0972. The zero-order valence-corrected chi connectivity index (χ0v) is 5.76. The van der Waals surface area contributed by atoms with Crippen molar-refractivity contribution in [2.45, 2.75) is 13.0 Å². The Morgan fingerprint density at radius 1 is 1.67 bits per heavy atom. The van der Waals surface area contributed by atoms with Crippen LogP contribution in [0.1, 0.15) is 6.92 Å². The van der Waals surface area contributed by atoms with Crippen molar-refractivity contribution >= 4 is 0 Å². The maximum Gasteiger partial charge on any atom is 0.0571 e. The lowest BCUT2D eigenvalue weighted by Crippen LogP contribution is -2.58. The molecular formula is C6H14N2O. The van der Waals surface area contributed by atoms with E-state index in [0.717, 1.165) is 13.2 Å². The summed E-state index contributed by atoms with van der Waals surface area (Å²) in [4.78, 5) is 0. The summed E-state index contributed by atoms with van der Waals surface area (Å²) in [6.07, 6.45) is 0. The summed E-state index contributed by atoms with van der Waals surface area (Å²) in [7, 11) is 0. The molecule has 0 saturated carbocycles. The zero-order chi connectivity index (χ0) is 6.91. The summed E-state index contributed by atoms with van der Waals surface area (Å²) in [5.41, 5.74) is 11.3. The average molecular weight is 130 g/mol. The first-order chi connectivity index (χ1) is 4.21. The van der Waals surface area contributed by atoms with Crippen molar-refractivity contribution in [3.8, 4) is 0 Å². The van der Waals surface area contributed by atoms with E-state index in [2.05, 4.69) is 0 Å². The van der Waals surface area contributed by atoms with E-state index >= 15 is 0 Å². The van der Waals surface area contributed by atoms with Gasteiger partial charge in [0, 0.05) is 18.0 Å². The smallest absolute Gasteiger partial charge is 0.0571 e. The Bertz CT molecular complexity index is 93.7. The maximum atomic E-state index is 5.68. The molecule has 3 nitrogen and oxygen atoms in total. The third-order valence-electron chi connectivity index (χ3n) is 2.15. The van der Waals surface area contributed by atoms with Crippen LogP contribution in [0.4, 0.5) is 0 Å².